The van der Waals surface area contributed by atoms with Crippen LogP contribution in [-0.2, 0) is 14.3 Å². The second kappa shape index (κ2) is 7.00. The third kappa shape index (κ3) is 2.62. The van der Waals surface area contributed by atoms with Crippen molar-refractivity contribution >= 4 is 17.7 Å². The van der Waals surface area contributed by atoms with E-state index in [-0.39, 0.29) is 23.5 Å². The smallest absolute Gasteiger partial charge is 0.338 e. The number of fused-ring (bicyclic) bond motifs is 6. The largest absolute Gasteiger partial charge is 0.480 e. The van der Waals surface area contributed by atoms with E-state index in [9.17, 15) is 24.6 Å². The Kier molecular flexibility index (Phi) is 4.61. The second-order valence-corrected chi connectivity index (χ2v) is 9.64. The lowest BCUT2D eigenvalue weighted by molar-refractivity contribution is -0.188. The number of allylic oxidation sites excluding steroid dienone is 1. The van der Waals surface area contributed by atoms with Crippen molar-refractivity contribution < 1.29 is 29.3 Å². The summed E-state index contributed by atoms with van der Waals surface area (Å²) in [5.74, 6) is -4.55. The van der Waals surface area contributed by atoms with E-state index in [0.29, 0.717) is 18.4 Å². The highest BCUT2D eigenvalue weighted by Gasteiger charge is 2.73. The van der Waals surface area contributed by atoms with Crippen molar-refractivity contribution in [2.75, 3.05) is 0 Å². The predicted octanol–water partition coefficient (Wildman–Crippen LogP) is 1.65. The number of rotatable bonds is 3. The Bertz CT molecular complexity index is 960. The minimum atomic E-state index is -1.84. The Hall–Kier alpha value is -2.51. The average Bonchev–Trinajstić information content (AvgIpc) is 3.30. The van der Waals surface area contributed by atoms with Crippen molar-refractivity contribution in [1.82, 2.24) is 0 Å². The molecule has 1 aromatic carbocycles. The fourth-order valence-corrected chi connectivity index (χ4v) is 7.13. The molecule has 3 saturated carbocycles. The standard InChI is InChI=1S/C24H27NO6/c1-11-7-8-16(25)24(23(29)30)19(11)20(31-22(28)12-5-3-2-4-6-12)18-14-9-13(10-15(14)26)17(18)21(24)27/h2-8,11,13-20,26H,9-10,25H2,1H3,(H,29,30)/t11-,13+,14-,15-,16+,17?,18?,19-,20+,24-/m0/s1. The highest BCUT2D eigenvalue weighted by atomic mass is 16.5. The molecule has 0 spiro atoms. The average molecular weight is 425 g/mol. The van der Waals surface area contributed by atoms with E-state index in [1.807, 2.05) is 13.0 Å². The maximum absolute atomic E-state index is 13.8. The first kappa shape index (κ1) is 20.4. The molecule has 0 saturated heterocycles. The lowest BCUT2D eigenvalue weighted by atomic mass is 9.48. The van der Waals surface area contributed by atoms with Gasteiger partial charge in [0.05, 0.1) is 11.7 Å². The number of aliphatic hydroxyl groups is 1. The first-order chi connectivity index (χ1) is 14.8. The van der Waals surface area contributed by atoms with E-state index in [4.69, 9.17) is 10.5 Å². The summed E-state index contributed by atoms with van der Waals surface area (Å²) in [4.78, 5) is 39.6. The zero-order valence-electron chi connectivity index (χ0n) is 17.3. The van der Waals surface area contributed by atoms with Crippen molar-refractivity contribution in [3.05, 3.63) is 48.0 Å². The van der Waals surface area contributed by atoms with Gasteiger partial charge in [0.15, 0.2) is 11.2 Å². The summed E-state index contributed by atoms with van der Waals surface area (Å²) in [6.45, 7) is 1.84. The van der Waals surface area contributed by atoms with Crippen molar-refractivity contribution in [3.63, 3.8) is 0 Å². The highest BCUT2D eigenvalue weighted by Crippen LogP contribution is 2.63. The molecule has 1 aromatic rings. The third-order valence-electron chi connectivity index (χ3n) is 8.32. The van der Waals surface area contributed by atoms with Gasteiger partial charge in [0.25, 0.3) is 0 Å². The molecule has 31 heavy (non-hydrogen) atoms. The number of benzene rings is 1. The van der Waals surface area contributed by atoms with Crippen LogP contribution in [0.4, 0.5) is 0 Å². The van der Waals surface area contributed by atoms with Gasteiger partial charge in [-0.2, -0.15) is 0 Å². The molecule has 0 aromatic heterocycles. The number of ketones is 1. The molecule has 0 aliphatic heterocycles. The number of hydrogen-bond acceptors (Lipinski definition) is 6. The van der Waals surface area contributed by atoms with Crippen molar-refractivity contribution in [2.45, 2.75) is 38.0 Å². The van der Waals surface area contributed by atoms with E-state index < -0.39 is 53.4 Å². The lowest BCUT2D eigenvalue weighted by Crippen LogP contribution is -2.70. The zero-order chi connectivity index (χ0) is 22.1. The molecule has 0 amide bonds. The van der Waals surface area contributed by atoms with Crippen LogP contribution >= 0.6 is 0 Å². The van der Waals surface area contributed by atoms with Crippen LogP contribution in [0.1, 0.15) is 30.1 Å². The van der Waals surface area contributed by atoms with Crippen LogP contribution in [0, 0.1) is 40.9 Å². The monoisotopic (exact) mass is 425 g/mol. The van der Waals surface area contributed by atoms with Gasteiger partial charge in [-0.25, -0.2) is 4.79 Å². The van der Waals surface area contributed by atoms with Crippen molar-refractivity contribution in [1.29, 1.82) is 0 Å². The number of Topliss-reactive ketones (excluding diaryl/α,β-unsaturated/α-hetero) is 1. The summed E-state index contributed by atoms with van der Waals surface area (Å²) >= 11 is 0. The number of ether oxygens (including phenoxy) is 1. The van der Waals surface area contributed by atoms with Gasteiger partial charge in [0, 0.05) is 23.8 Å². The van der Waals surface area contributed by atoms with Gasteiger partial charge in [0.1, 0.15) is 6.10 Å². The van der Waals surface area contributed by atoms with E-state index in [0.717, 1.165) is 0 Å². The molecule has 2 unspecified atom stereocenters. The minimum Gasteiger partial charge on any atom is -0.480 e. The van der Waals surface area contributed by atoms with Gasteiger partial charge in [-0.3, -0.25) is 9.59 Å². The molecule has 5 rings (SSSR count). The van der Waals surface area contributed by atoms with Gasteiger partial charge in [0.2, 0.25) is 0 Å². The second-order valence-electron chi connectivity index (χ2n) is 9.64. The molecular formula is C24H27NO6. The molecule has 2 bridgehead atoms. The number of esters is 1. The number of carbonyl (C=O) groups is 3. The summed E-state index contributed by atoms with van der Waals surface area (Å²) in [5, 5.41) is 21.0. The molecule has 7 nitrogen and oxygen atoms in total. The maximum Gasteiger partial charge on any atom is 0.338 e. The Morgan fingerprint density at radius 3 is 2.55 bits per heavy atom. The fraction of sp³-hybridized carbons (Fsp3) is 0.542. The first-order valence-electron chi connectivity index (χ1n) is 10.9. The summed E-state index contributed by atoms with van der Waals surface area (Å²) in [6.07, 6.45) is 3.14. The number of nitrogens with two attached hydrogens (primary N) is 1. The quantitative estimate of drug-likeness (QED) is 0.382. The Labute approximate surface area is 180 Å². The number of hydrogen-bond donors (Lipinski definition) is 3. The molecule has 7 heteroatoms. The SMILES string of the molecule is C[C@H]1C=C[C@@H](N)[C@@]2(C(=O)O)C(=O)C3C([C@H]4C[C@@H]3C[C@@H]4O)[C@@H](OC(=O)c3ccccc3)[C@H]12. The van der Waals surface area contributed by atoms with Gasteiger partial charge < -0.3 is 20.7 Å². The lowest BCUT2D eigenvalue weighted by Gasteiger charge is -2.56. The molecule has 0 heterocycles. The minimum absolute atomic E-state index is 0.110. The Morgan fingerprint density at radius 2 is 1.87 bits per heavy atom. The number of carboxylic acids is 1. The van der Waals surface area contributed by atoms with Crippen LogP contribution < -0.4 is 5.73 Å². The molecule has 3 fully saturated rings. The summed E-state index contributed by atoms with van der Waals surface area (Å²) in [7, 11) is 0. The van der Waals surface area contributed by atoms with Gasteiger partial charge in [-0.05, 0) is 42.7 Å². The van der Waals surface area contributed by atoms with Crippen molar-refractivity contribution in [2.24, 2.45) is 46.7 Å². The van der Waals surface area contributed by atoms with Crippen LogP contribution in [0.2, 0.25) is 0 Å². The van der Waals surface area contributed by atoms with E-state index in [2.05, 4.69) is 0 Å². The topological polar surface area (TPSA) is 127 Å². The summed E-state index contributed by atoms with van der Waals surface area (Å²) < 4.78 is 6.05. The molecular weight excluding hydrogens is 398 g/mol. The third-order valence-corrected chi connectivity index (χ3v) is 8.32. The molecule has 4 N–H and O–H groups in total. The van der Waals surface area contributed by atoms with Crippen LogP contribution in [0.15, 0.2) is 42.5 Å². The number of aliphatic carboxylic acids is 1. The van der Waals surface area contributed by atoms with Crippen molar-refractivity contribution in [3.8, 4) is 0 Å². The van der Waals surface area contributed by atoms with Crippen LogP contribution in [-0.4, -0.2) is 46.2 Å². The summed E-state index contributed by atoms with van der Waals surface area (Å²) in [5.41, 5.74) is 4.84. The highest BCUT2D eigenvalue weighted by molar-refractivity contribution is 6.07. The number of carbonyl (C=O) groups excluding carboxylic acids is 2. The number of carboxylic acid groups (broad SMARTS) is 1. The predicted molar refractivity (Wildman–Crippen MR) is 110 cm³/mol. The molecule has 10 atom stereocenters. The van der Waals surface area contributed by atoms with Crippen LogP contribution in [0.5, 0.6) is 0 Å². The van der Waals surface area contributed by atoms with Crippen LogP contribution in [0.3, 0.4) is 0 Å². The van der Waals surface area contributed by atoms with Gasteiger partial charge in [-0.1, -0.05) is 37.3 Å². The first-order valence-corrected chi connectivity index (χ1v) is 10.9. The Morgan fingerprint density at radius 1 is 1.16 bits per heavy atom. The number of aliphatic hydroxyl groups excluding tert-OH is 1. The van der Waals surface area contributed by atoms with Gasteiger partial charge >= 0.3 is 11.9 Å². The maximum atomic E-state index is 13.8. The molecule has 164 valence electrons. The van der Waals surface area contributed by atoms with Gasteiger partial charge in [-0.15, -0.1) is 0 Å². The molecule has 0 radical (unpaired) electrons. The van der Waals surface area contributed by atoms with E-state index in [1.54, 1.807) is 36.4 Å². The van der Waals surface area contributed by atoms with Crippen LogP contribution in [0.25, 0.3) is 0 Å². The molecule has 4 aliphatic rings. The summed E-state index contributed by atoms with van der Waals surface area (Å²) in [6, 6.07) is 7.54. The zero-order valence-corrected chi connectivity index (χ0v) is 17.3. The normalized spacial score (nSPS) is 45.1. The fourth-order valence-electron chi connectivity index (χ4n) is 7.13. The molecule has 4 aliphatic carbocycles. The Balaban J connectivity index is 1.64. The van der Waals surface area contributed by atoms with E-state index in [1.165, 1.54) is 0 Å². The van der Waals surface area contributed by atoms with E-state index >= 15 is 0 Å².